The molecule has 7 nitrogen and oxygen atoms in total. The predicted molar refractivity (Wildman–Crippen MR) is 101 cm³/mol. The first-order valence-electron chi connectivity index (χ1n) is 8.30. The summed E-state index contributed by atoms with van der Waals surface area (Å²) < 4.78 is 30.2. The Bertz CT molecular complexity index is 1030. The van der Waals surface area contributed by atoms with Crippen LogP contribution in [0.1, 0.15) is 13.8 Å². The van der Waals surface area contributed by atoms with E-state index in [1.807, 2.05) is 30.3 Å². The van der Waals surface area contributed by atoms with E-state index in [4.69, 9.17) is 4.42 Å². The highest BCUT2D eigenvalue weighted by molar-refractivity contribution is 7.89. The Balaban J connectivity index is 1.76. The second kappa shape index (κ2) is 7.73. The molecule has 0 spiro atoms. The van der Waals surface area contributed by atoms with Crippen molar-refractivity contribution in [3.05, 3.63) is 60.8 Å². The Kier molecular flexibility index (Phi) is 5.38. The fourth-order valence-corrected chi connectivity index (χ4v) is 3.09. The van der Waals surface area contributed by atoms with Crippen molar-refractivity contribution in [2.45, 2.75) is 18.7 Å². The second-order valence-electron chi connectivity index (χ2n) is 6.17. The van der Waals surface area contributed by atoms with E-state index in [2.05, 4.69) is 15.2 Å². The number of hydrogen-bond acceptors (Lipinski definition) is 5. The summed E-state index contributed by atoms with van der Waals surface area (Å²) in [7, 11) is -3.86. The van der Waals surface area contributed by atoms with Crippen molar-refractivity contribution >= 4 is 15.9 Å². The van der Waals surface area contributed by atoms with Crippen LogP contribution in [0.4, 0.5) is 0 Å². The normalized spacial score (nSPS) is 11.5. The SMILES string of the molecule is CC(C)C(=O)NNS(=O)(=O)c1ccc(-c2ncc(-c3ccccc3)o2)cc1. The molecule has 0 aliphatic rings. The van der Waals surface area contributed by atoms with E-state index < -0.39 is 15.9 Å². The van der Waals surface area contributed by atoms with Crippen LogP contribution in [0.2, 0.25) is 0 Å². The zero-order valence-electron chi connectivity index (χ0n) is 14.8. The lowest BCUT2D eigenvalue weighted by Gasteiger charge is -2.10. The van der Waals surface area contributed by atoms with Crippen LogP contribution in [0, 0.1) is 5.92 Å². The molecule has 3 rings (SSSR count). The highest BCUT2D eigenvalue weighted by atomic mass is 32.2. The molecule has 140 valence electrons. The minimum atomic E-state index is -3.86. The minimum Gasteiger partial charge on any atom is -0.436 e. The van der Waals surface area contributed by atoms with E-state index in [-0.39, 0.29) is 10.8 Å². The van der Waals surface area contributed by atoms with Crippen molar-refractivity contribution in [1.82, 2.24) is 15.2 Å². The molecular weight excluding hydrogens is 366 g/mol. The van der Waals surface area contributed by atoms with Crippen LogP contribution in [-0.2, 0) is 14.8 Å². The summed E-state index contributed by atoms with van der Waals surface area (Å²) in [6, 6.07) is 15.6. The van der Waals surface area contributed by atoms with E-state index in [1.54, 1.807) is 32.2 Å². The third-order valence-electron chi connectivity index (χ3n) is 3.81. The Morgan fingerprint density at radius 2 is 1.67 bits per heavy atom. The summed E-state index contributed by atoms with van der Waals surface area (Å²) in [6.07, 6.45) is 1.62. The number of amides is 1. The van der Waals surface area contributed by atoms with Gasteiger partial charge in [-0.05, 0) is 24.3 Å². The number of oxazole rings is 1. The number of aromatic nitrogens is 1. The first kappa shape index (κ1) is 18.8. The molecule has 1 amide bonds. The highest BCUT2D eigenvalue weighted by Crippen LogP contribution is 2.26. The van der Waals surface area contributed by atoms with Gasteiger partial charge in [-0.25, -0.2) is 13.4 Å². The molecule has 0 bridgehead atoms. The maximum absolute atomic E-state index is 12.2. The van der Waals surface area contributed by atoms with Crippen LogP contribution < -0.4 is 10.3 Å². The van der Waals surface area contributed by atoms with Crippen molar-refractivity contribution in [3.63, 3.8) is 0 Å². The average molecular weight is 385 g/mol. The maximum Gasteiger partial charge on any atom is 0.257 e. The number of nitrogens with zero attached hydrogens (tertiary/aromatic N) is 1. The van der Waals surface area contributed by atoms with Gasteiger partial charge >= 0.3 is 0 Å². The lowest BCUT2D eigenvalue weighted by atomic mass is 10.2. The zero-order valence-corrected chi connectivity index (χ0v) is 15.7. The molecule has 0 saturated carbocycles. The van der Waals surface area contributed by atoms with Gasteiger partial charge in [-0.1, -0.05) is 44.2 Å². The van der Waals surface area contributed by atoms with Gasteiger partial charge in [-0.15, -0.1) is 4.83 Å². The van der Waals surface area contributed by atoms with Gasteiger partial charge in [0.2, 0.25) is 11.8 Å². The third-order valence-corrected chi connectivity index (χ3v) is 5.07. The van der Waals surface area contributed by atoms with E-state index in [9.17, 15) is 13.2 Å². The number of nitrogens with one attached hydrogen (secondary N) is 2. The molecule has 1 aromatic heterocycles. The quantitative estimate of drug-likeness (QED) is 0.635. The summed E-state index contributed by atoms with van der Waals surface area (Å²) in [5, 5.41) is 0. The largest absolute Gasteiger partial charge is 0.436 e. The molecule has 2 aromatic carbocycles. The number of sulfonamides is 1. The van der Waals surface area contributed by atoms with Crippen molar-refractivity contribution in [1.29, 1.82) is 0 Å². The van der Waals surface area contributed by atoms with Gasteiger partial charge in [0.15, 0.2) is 5.76 Å². The van der Waals surface area contributed by atoms with Gasteiger partial charge in [0.1, 0.15) is 0 Å². The molecule has 27 heavy (non-hydrogen) atoms. The predicted octanol–water partition coefficient (Wildman–Crippen LogP) is 2.97. The summed E-state index contributed by atoms with van der Waals surface area (Å²) in [5.74, 6) is 0.265. The fraction of sp³-hybridized carbons (Fsp3) is 0.158. The van der Waals surface area contributed by atoms with Gasteiger partial charge in [-0.2, -0.15) is 0 Å². The Morgan fingerprint density at radius 3 is 2.30 bits per heavy atom. The zero-order chi connectivity index (χ0) is 19.4. The number of carbonyl (C=O) groups is 1. The summed E-state index contributed by atoms with van der Waals surface area (Å²) in [4.78, 5) is 17.9. The summed E-state index contributed by atoms with van der Waals surface area (Å²) in [6.45, 7) is 3.33. The number of benzene rings is 2. The Hall–Kier alpha value is -2.97. The van der Waals surface area contributed by atoms with Crippen LogP contribution in [-0.4, -0.2) is 19.3 Å². The van der Waals surface area contributed by atoms with Crippen LogP contribution >= 0.6 is 0 Å². The molecule has 0 aliphatic carbocycles. The average Bonchev–Trinajstić information content (AvgIpc) is 3.17. The van der Waals surface area contributed by atoms with Crippen LogP contribution in [0.25, 0.3) is 22.8 Å². The van der Waals surface area contributed by atoms with Crippen molar-refractivity contribution in [2.24, 2.45) is 5.92 Å². The number of rotatable bonds is 6. The maximum atomic E-state index is 12.2. The van der Waals surface area contributed by atoms with Gasteiger partial charge in [0.25, 0.3) is 10.0 Å². The summed E-state index contributed by atoms with van der Waals surface area (Å²) >= 11 is 0. The standard InChI is InChI=1S/C19H19N3O4S/c1-13(2)18(23)21-22-27(24,25)16-10-8-15(9-11-16)19-20-12-17(26-19)14-6-4-3-5-7-14/h3-13,22H,1-2H3,(H,21,23). The van der Waals surface area contributed by atoms with Crippen molar-refractivity contribution in [2.75, 3.05) is 0 Å². The van der Waals surface area contributed by atoms with E-state index in [1.165, 1.54) is 12.1 Å². The van der Waals surface area contributed by atoms with Gasteiger partial charge in [-0.3, -0.25) is 10.2 Å². The second-order valence-corrected chi connectivity index (χ2v) is 7.85. The topological polar surface area (TPSA) is 101 Å². The van der Waals surface area contributed by atoms with Crippen molar-refractivity contribution in [3.8, 4) is 22.8 Å². The Labute approximate surface area is 157 Å². The monoisotopic (exact) mass is 385 g/mol. The van der Waals surface area contributed by atoms with Crippen LogP contribution in [0.5, 0.6) is 0 Å². The fourth-order valence-electron chi connectivity index (χ4n) is 2.24. The molecule has 0 fully saturated rings. The third kappa shape index (κ3) is 4.42. The van der Waals surface area contributed by atoms with E-state index in [0.29, 0.717) is 17.2 Å². The van der Waals surface area contributed by atoms with Crippen LogP contribution in [0.3, 0.4) is 0 Å². The molecule has 0 atom stereocenters. The minimum absolute atomic E-state index is 0.0187. The van der Waals surface area contributed by atoms with Gasteiger partial charge in [0.05, 0.1) is 11.1 Å². The van der Waals surface area contributed by atoms with Crippen LogP contribution in [0.15, 0.2) is 70.1 Å². The van der Waals surface area contributed by atoms with Gasteiger partial charge in [0, 0.05) is 17.0 Å². The molecule has 3 aromatic rings. The molecule has 1 heterocycles. The van der Waals surface area contributed by atoms with Crippen molar-refractivity contribution < 1.29 is 17.6 Å². The lowest BCUT2D eigenvalue weighted by molar-refractivity contribution is -0.124. The molecule has 8 heteroatoms. The summed E-state index contributed by atoms with van der Waals surface area (Å²) in [5.41, 5.74) is 3.73. The molecule has 0 saturated heterocycles. The number of hydrogen-bond donors (Lipinski definition) is 2. The lowest BCUT2D eigenvalue weighted by Crippen LogP contribution is -2.43. The molecule has 0 aliphatic heterocycles. The highest BCUT2D eigenvalue weighted by Gasteiger charge is 2.17. The number of hydrazine groups is 1. The Morgan fingerprint density at radius 1 is 1.00 bits per heavy atom. The smallest absolute Gasteiger partial charge is 0.257 e. The first-order valence-corrected chi connectivity index (χ1v) is 9.78. The number of carbonyl (C=O) groups excluding carboxylic acids is 1. The van der Waals surface area contributed by atoms with Gasteiger partial charge < -0.3 is 4.42 Å². The van der Waals surface area contributed by atoms with E-state index >= 15 is 0 Å². The first-order chi connectivity index (χ1) is 12.9. The molecule has 0 radical (unpaired) electrons. The van der Waals surface area contributed by atoms with E-state index in [0.717, 1.165) is 5.56 Å². The molecule has 0 unspecified atom stereocenters. The molecular formula is C19H19N3O4S. The molecule has 2 N–H and O–H groups in total.